The third-order valence-electron chi connectivity index (χ3n) is 3.06. The second kappa shape index (κ2) is 8.69. The number of hydrogen-bond donors (Lipinski definition) is 1. The van der Waals surface area contributed by atoms with E-state index >= 15 is 0 Å². The molecule has 1 aromatic carbocycles. The van der Waals surface area contributed by atoms with Gasteiger partial charge in [0.25, 0.3) is 0 Å². The summed E-state index contributed by atoms with van der Waals surface area (Å²) in [5.41, 5.74) is 7.92. The van der Waals surface area contributed by atoms with Crippen LogP contribution in [0.5, 0.6) is 5.75 Å². The van der Waals surface area contributed by atoms with Gasteiger partial charge in [-0.25, -0.2) is 0 Å². The van der Waals surface area contributed by atoms with Crippen molar-refractivity contribution >= 4 is 11.4 Å². The van der Waals surface area contributed by atoms with Gasteiger partial charge < -0.3 is 20.3 Å². The Bertz CT molecular complexity index is 393. The summed E-state index contributed by atoms with van der Waals surface area (Å²) in [5.74, 6) is 0.868. The van der Waals surface area contributed by atoms with Gasteiger partial charge in [0, 0.05) is 43.1 Å². The van der Waals surface area contributed by atoms with Crippen LogP contribution in [0.4, 0.5) is 11.4 Å². The van der Waals surface area contributed by atoms with Crippen LogP contribution in [0.25, 0.3) is 0 Å². The molecule has 20 heavy (non-hydrogen) atoms. The van der Waals surface area contributed by atoms with E-state index in [1.165, 1.54) is 0 Å². The highest BCUT2D eigenvalue weighted by molar-refractivity contribution is 5.60. The first-order chi connectivity index (χ1) is 9.56. The van der Waals surface area contributed by atoms with Gasteiger partial charge in [-0.3, -0.25) is 0 Å². The van der Waals surface area contributed by atoms with Gasteiger partial charge in [0.15, 0.2) is 0 Å². The van der Waals surface area contributed by atoms with E-state index in [0.29, 0.717) is 0 Å². The van der Waals surface area contributed by atoms with Gasteiger partial charge in [0.1, 0.15) is 5.75 Å². The molecule has 114 valence electrons. The van der Waals surface area contributed by atoms with E-state index in [-0.39, 0.29) is 0 Å². The number of hydrogen-bond acceptors (Lipinski definition) is 4. The first kappa shape index (κ1) is 16.6. The second-order valence-corrected chi connectivity index (χ2v) is 5.40. The van der Waals surface area contributed by atoms with Crippen molar-refractivity contribution in [2.75, 3.05) is 51.0 Å². The molecule has 0 aliphatic rings. The maximum absolute atomic E-state index is 6.00. The van der Waals surface area contributed by atoms with Gasteiger partial charge in [0.05, 0.1) is 6.61 Å². The molecule has 1 aromatic rings. The number of anilines is 2. The maximum Gasteiger partial charge on any atom is 0.123 e. The molecule has 0 radical (unpaired) electrons. The summed E-state index contributed by atoms with van der Waals surface area (Å²) >= 11 is 0. The highest BCUT2D eigenvalue weighted by atomic mass is 16.5. The highest BCUT2D eigenvalue weighted by Gasteiger charge is 2.09. The Kier molecular flexibility index (Phi) is 7.23. The first-order valence-corrected chi connectivity index (χ1v) is 7.49. The molecule has 0 bridgehead atoms. The minimum Gasteiger partial charge on any atom is -0.493 e. The summed E-state index contributed by atoms with van der Waals surface area (Å²) < 4.78 is 5.71. The Morgan fingerprint density at radius 1 is 1.00 bits per heavy atom. The molecule has 0 spiro atoms. The Balaban J connectivity index is 2.84. The van der Waals surface area contributed by atoms with Crippen LogP contribution in [0.15, 0.2) is 18.2 Å². The summed E-state index contributed by atoms with van der Waals surface area (Å²) in [4.78, 5) is 4.57. The fraction of sp³-hybridized carbons (Fsp3) is 0.625. The third-order valence-corrected chi connectivity index (χ3v) is 3.06. The molecule has 2 N–H and O–H groups in total. The molecule has 4 nitrogen and oxygen atoms in total. The van der Waals surface area contributed by atoms with Crippen LogP contribution < -0.4 is 15.4 Å². The Morgan fingerprint density at radius 2 is 1.75 bits per heavy atom. The minimum atomic E-state index is 0.731. The zero-order valence-electron chi connectivity index (χ0n) is 13.4. The average Bonchev–Trinajstić information content (AvgIpc) is 2.40. The monoisotopic (exact) mass is 279 g/mol. The lowest BCUT2D eigenvalue weighted by molar-refractivity contribution is 0.317. The zero-order chi connectivity index (χ0) is 15.0. The van der Waals surface area contributed by atoms with Crippen molar-refractivity contribution < 1.29 is 4.74 Å². The molecule has 0 aliphatic heterocycles. The number of rotatable bonds is 9. The lowest BCUT2D eigenvalue weighted by atomic mass is 10.2. The van der Waals surface area contributed by atoms with Crippen LogP contribution in [-0.4, -0.2) is 45.2 Å². The summed E-state index contributed by atoms with van der Waals surface area (Å²) in [5, 5.41) is 0. The van der Waals surface area contributed by atoms with E-state index in [1.807, 2.05) is 12.1 Å². The molecule has 0 heterocycles. The van der Waals surface area contributed by atoms with Crippen LogP contribution >= 0.6 is 0 Å². The molecule has 0 saturated heterocycles. The largest absolute Gasteiger partial charge is 0.493 e. The molecule has 0 aliphatic carbocycles. The number of nitrogen functional groups attached to an aromatic ring is 1. The normalized spacial score (nSPS) is 10.8. The van der Waals surface area contributed by atoms with Crippen molar-refractivity contribution in [2.45, 2.75) is 26.7 Å². The van der Waals surface area contributed by atoms with E-state index in [2.05, 4.69) is 43.8 Å². The van der Waals surface area contributed by atoms with Gasteiger partial charge in [-0.05, 0) is 33.0 Å². The summed E-state index contributed by atoms with van der Waals surface area (Å²) in [6.45, 7) is 8.09. The smallest absolute Gasteiger partial charge is 0.123 e. The van der Waals surface area contributed by atoms with Crippen molar-refractivity contribution in [2.24, 2.45) is 0 Å². The SMILES string of the molecule is CCCOc1cc(N)cc(N(CCC)CCN(C)C)c1. The maximum atomic E-state index is 6.00. The fourth-order valence-corrected chi connectivity index (χ4v) is 2.05. The fourth-order valence-electron chi connectivity index (χ4n) is 2.05. The third kappa shape index (κ3) is 5.70. The molecule has 1 rings (SSSR count). The van der Waals surface area contributed by atoms with E-state index in [9.17, 15) is 0 Å². The van der Waals surface area contributed by atoms with Crippen molar-refractivity contribution in [3.8, 4) is 5.75 Å². The van der Waals surface area contributed by atoms with Crippen molar-refractivity contribution in [1.29, 1.82) is 0 Å². The number of nitrogens with two attached hydrogens (primary N) is 1. The van der Waals surface area contributed by atoms with Gasteiger partial charge in [-0.15, -0.1) is 0 Å². The molecule has 0 aromatic heterocycles. The predicted octanol–water partition coefficient (Wildman–Crippen LogP) is 2.84. The topological polar surface area (TPSA) is 41.7 Å². The molecular weight excluding hydrogens is 250 g/mol. The number of ether oxygens (including phenoxy) is 1. The lowest BCUT2D eigenvalue weighted by Gasteiger charge is -2.26. The zero-order valence-corrected chi connectivity index (χ0v) is 13.4. The summed E-state index contributed by atoms with van der Waals surface area (Å²) in [7, 11) is 4.19. The van der Waals surface area contributed by atoms with E-state index in [1.54, 1.807) is 0 Å². The molecule has 0 unspecified atom stereocenters. The number of likely N-dealkylation sites (N-methyl/N-ethyl adjacent to an activating group) is 1. The molecule has 0 amide bonds. The summed E-state index contributed by atoms with van der Waals surface area (Å²) in [6, 6.07) is 6.02. The Hall–Kier alpha value is -1.42. The molecular formula is C16H29N3O. The molecule has 0 saturated carbocycles. The van der Waals surface area contributed by atoms with E-state index < -0.39 is 0 Å². The van der Waals surface area contributed by atoms with Crippen molar-refractivity contribution in [3.05, 3.63) is 18.2 Å². The average molecular weight is 279 g/mol. The standard InChI is InChI=1S/C16H29N3O/c1-5-7-19(9-8-18(3)4)15-11-14(17)12-16(13-15)20-10-6-2/h11-13H,5-10,17H2,1-4H3. The van der Waals surface area contributed by atoms with Gasteiger partial charge in [-0.1, -0.05) is 13.8 Å². The van der Waals surface area contributed by atoms with Crippen molar-refractivity contribution in [3.63, 3.8) is 0 Å². The lowest BCUT2D eigenvalue weighted by Crippen LogP contribution is -2.32. The first-order valence-electron chi connectivity index (χ1n) is 7.49. The van der Waals surface area contributed by atoms with Gasteiger partial charge in [-0.2, -0.15) is 0 Å². The van der Waals surface area contributed by atoms with Crippen LogP contribution in [0.1, 0.15) is 26.7 Å². The van der Waals surface area contributed by atoms with Crippen LogP contribution in [-0.2, 0) is 0 Å². The van der Waals surface area contributed by atoms with Crippen molar-refractivity contribution in [1.82, 2.24) is 4.90 Å². The molecule has 4 heteroatoms. The molecule has 0 fully saturated rings. The number of nitrogens with zero attached hydrogens (tertiary/aromatic N) is 2. The van der Waals surface area contributed by atoms with Crippen LogP contribution in [0.3, 0.4) is 0 Å². The predicted molar refractivity (Wildman–Crippen MR) is 87.7 cm³/mol. The second-order valence-electron chi connectivity index (χ2n) is 5.40. The van der Waals surface area contributed by atoms with Gasteiger partial charge in [0.2, 0.25) is 0 Å². The summed E-state index contributed by atoms with van der Waals surface area (Å²) in [6.07, 6.45) is 2.12. The number of benzene rings is 1. The van der Waals surface area contributed by atoms with Crippen LogP contribution in [0.2, 0.25) is 0 Å². The molecule has 0 atom stereocenters. The van der Waals surface area contributed by atoms with Gasteiger partial charge >= 0.3 is 0 Å². The van der Waals surface area contributed by atoms with E-state index in [0.717, 1.165) is 56.2 Å². The highest BCUT2D eigenvalue weighted by Crippen LogP contribution is 2.26. The van der Waals surface area contributed by atoms with Crippen LogP contribution in [0, 0.1) is 0 Å². The Morgan fingerprint density at radius 3 is 2.35 bits per heavy atom. The quantitative estimate of drug-likeness (QED) is 0.706. The Labute approximate surface area is 123 Å². The minimum absolute atomic E-state index is 0.731. The van der Waals surface area contributed by atoms with E-state index in [4.69, 9.17) is 10.5 Å².